The van der Waals surface area contributed by atoms with Gasteiger partial charge < -0.3 is 15.1 Å². The topological polar surface area (TPSA) is 55.9 Å². The Labute approximate surface area is 196 Å². The summed E-state index contributed by atoms with van der Waals surface area (Å²) in [6, 6.07) is 13.9. The molecule has 0 radical (unpaired) electrons. The van der Waals surface area contributed by atoms with Crippen LogP contribution in [0.25, 0.3) is 5.57 Å². The minimum Gasteiger partial charge on any atom is -0.369 e. The maximum absolute atomic E-state index is 13.2. The predicted molar refractivity (Wildman–Crippen MR) is 134 cm³/mol. The fourth-order valence-electron chi connectivity index (χ4n) is 4.37. The van der Waals surface area contributed by atoms with E-state index in [-0.39, 0.29) is 18.4 Å². The largest absolute Gasteiger partial charge is 0.369 e. The first-order valence-electron chi connectivity index (χ1n) is 11.6. The number of carbonyl (C=O) groups is 2. The lowest BCUT2D eigenvalue weighted by molar-refractivity contribution is -0.136. The number of hydrogen-bond acceptors (Lipinski definition) is 5. The lowest BCUT2D eigenvalue weighted by Gasteiger charge is -2.35. The van der Waals surface area contributed by atoms with Crippen molar-refractivity contribution in [2.24, 2.45) is 0 Å². The Balaban J connectivity index is 1.61. The molecule has 0 atom stereocenters. The van der Waals surface area contributed by atoms with E-state index in [2.05, 4.69) is 40.8 Å². The van der Waals surface area contributed by atoms with Crippen LogP contribution >= 0.6 is 0 Å². The van der Waals surface area contributed by atoms with Crippen LogP contribution in [-0.4, -0.2) is 60.9 Å². The summed E-state index contributed by atoms with van der Waals surface area (Å²) in [5.41, 5.74) is 5.64. The summed E-state index contributed by atoms with van der Waals surface area (Å²) in [6.45, 7) is 15.3. The van der Waals surface area contributed by atoms with Gasteiger partial charge in [-0.1, -0.05) is 31.2 Å². The summed E-state index contributed by atoms with van der Waals surface area (Å²) < 4.78 is 0. The van der Waals surface area contributed by atoms with Crippen molar-refractivity contribution in [3.8, 4) is 0 Å². The average molecular weight is 445 g/mol. The van der Waals surface area contributed by atoms with Crippen molar-refractivity contribution in [3.63, 3.8) is 0 Å². The van der Waals surface area contributed by atoms with Crippen molar-refractivity contribution >= 4 is 28.8 Å². The normalized spacial score (nSPS) is 17.2. The first-order valence-corrected chi connectivity index (χ1v) is 11.6. The van der Waals surface area contributed by atoms with E-state index in [1.165, 1.54) is 10.6 Å². The van der Waals surface area contributed by atoms with Crippen LogP contribution in [-0.2, 0) is 9.59 Å². The molecule has 2 amide bonds. The van der Waals surface area contributed by atoms with Crippen molar-refractivity contribution in [1.29, 1.82) is 0 Å². The van der Waals surface area contributed by atoms with Gasteiger partial charge in [0, 0.05) is 44.1 Å². The average Bonchev–Trinajstić information content (AvgIpc) is 3.06. The number of hydrogen-bond donors (Lipinski definition) is 1. The highest BCUT2D eigenvalue weighted by molar-refractivity contribution is 6.36. The molecule has 33 heavy (non-hydrogen) atoms. The van der Waals surface area contributed by atoms with Gasteiger partial charge in [-0.25, -0.2) is 0 Å². The third-order valence-electron chi connectivity index (χ3n) is 6.60. The smallest absolute Gasteiger partial charge is 0.278 e. The number of likely N-dealkylation sites (N-methyl/N-ethyl adjacent to an activating group) is 1. The Morgan fingerprint density at radius 2 is 1.64 bits per heavy atom. The van der Waals surface area contributed by atoms with Crippen molar-refractivity contribution in [3.05, 3.63) is 77.5 Å². The monoisotopic (exact) mass is 444 g/mol. The van der Waals surface area contributed by atoms with E-state index in [9.17, 15) is 9.59 Å². The van der Waals surface area contributed by atoms with Gasteiger partial charge in [0.15, 0.2) is 0 Å². The molecule has 6 heteroatoms. The third-order valence-corrected chi connectivity index (χ3v) is 6.60. The summed E-state index contributed by atoms with van der Waals surface area (Å²) in [6.07, 6.45) is 1.57. The van der Waals surface area contributed by atoms with E-state index >= 15 is 0 Å². The number of nitrogens with one attached hydrogen (secondary N) is 1. The lowest BCUT2D eigenvalue weighted by Crippen LogP contribution is -2.46. The van der Waals surface area contributed by atoms with Crippen LogP contribution in [0.1, 0.15) is 23.6 Å². The van der Waals surface area contributed by atoms with Gasteiger partial charge in [-0.3, -0.25) is 14.5 Å². The zero-order valence-corrected chi connectivity index (χ0v) is 19.7. The molecule has 4 rings (SSSR count). The predicted octanol–water partition coefficient (Wildman–Crippen LogP) is 3.82. The molecule has 172 valence electrons. The number of nitrogens with zero attached hydrogens (tertiary/aromatic N) is 3. The Kier molecular flexibility index (Phi) is 6.65. The number of carbonyl (C=O) groups excluding carboxylic acids is 2. The molecule has 0 aromatic heterocycles. The molecule has 0 spiro atoms. The molecular weight excluding hydrogens is 412 g/mol. The summed E-state index contributed by atoms with van der Waals surface area (Å²) >= 11 is 0. The van der Waals surface area contributed by atoms with Gasteiger partial charge in [0.05, 0.1) is 5.57 Å². The summed E-state index contributed by atoms with van der Waals surface area (Å²) in [7, 11) is 0. The van der Waals surface area contributed by atoms with Gasteiger partial charge in [-0.2, -0.15) is 0 Å². The van der Waals surface area contributed by atoms with Crippen LogP contribution in [0.2, 0.25) is 0 Å². The number of anilines is 2. The second-order valence-electron chi connectivity index (χ2n) is 8.65. The fourth-order valence-corrected chi connectivity index (χ4v) is 4.37. The zero-order valence-electron chi connectivity index (χ0n) is 19.7. The van der Waals surface area contributed by atoms with Gasteiger partial charge in [-0.05, 0) is 61.3 Å². The van der Waals surface area contributed by atoms with Crippen molar-refractivity contribution in [2.75, 3.05) is 49.5 Å². The number of benzene rings is 2. The van der Waals surface area contributed by atoms with E-state index in [1.54, 1.807) is 6.08 Å². The fraction of sp³-hybridized carbons (Fsp3) is 0.333. The molecule has 6 nitrogen and oxygen atoms in total. The van der Waals surface area contributed by atoms with Gasteiger partial charge >= 0.3 is 0 Å². The van der Waals surface area contributed by atoms with Crippen LogP contribution < -0.4 is 10.2 Å². The van der Waals surface area contributed by atoms with E-state index in [0.717, 1.165) is 55.1 Å². The van der Waals surface area contributed by atoms with Crippen molar-refractivity contribution in [1.82, 2.24) is 9.80 Å². The Hall–Kier alpha value is -3.38. The van der Waals surface area contributed by atoms with Crippen molar-refractivity contribution < 1.29 is 9.59 Å². The van der Waals surface area contributed by atoms with Gasteiger partial charge in [0.25, 0.3) is 11.8 Å². The molecule has 0 aliphatic carbocycles. The maximum atomic E-state index is 13.2. The molecule has 2 aliphatic rings. The van der Waals surface area contributed by atoms with E-state index in [0.29, 0.717) is 11.3 Å². The summed E-state index contributed by atoms with van der Waals surface area (Å²) in [4.78, 5) is 32.4. The number of piperazine rings is 1. The SMILES string of the molecule is C=CCN1C(=O)C(Nc2ccc(N3CCN(CC)CC3)cc2)=C(c2ccc(C)c(C)c2)C1=O. The second kappa shape index (κ2) is 9.63. The third kappa shape index (κ3) is 4.57. The van der Waals surface area contributed by atoms with Crippen molar-refractivity contribution in [2.45, 2.75) is 20.8 Å². The molecule has 2 heterocycles. The van der Waals surface area contributed by atoms with Gasteiger partial charge in [0.1, 0.15) is 5.70 Å². The minimum atomic E-state index is -0.326. The molecular formula is C27H32N4O2. The van der Waals surface area contributed by atoms with Crippen LogP contribution in [0.4, 0.5) is 11.4 Å². The molecule has 2 aromatic carbocycles. The first-order chi connectivity index (χ1) is 15.9. The molecule has 1 saturated heterocycles. The van der Waals surface area contributed by atoms with Gasteiger partial charge in [-0.15, -0.1) is 6.58 Å². The number of imide groups is 1. The molecule has 2 aliphatic heterocycles. The van der Waals surface area contributed by atoms with Crippen LogP contribution in [0.15, 0.2) is 60.8 Å². The number of rotatable bonds is 7. The standard InChI is InChI=1S/C27H32N4O2/c1-5-13-31-26(32)24(21-8-7-19(3)20(4)18-21)25(27(31)33)28-22-9-11-23(12-10-22)30-16-14-29(6-2)15-17-30/h5,7-12,18,28H,1,6,13-17H2,2-4H3. The van der Waals surface area contributed by atoms with E-state index < -0.39 is 0 Å². The Morgan fingerprint density at radius 1 is 0.939 bits per heavy atom. The maximum Gasteiger partial charge on any atom is 0.278 e. The number of amides is 2. The summed E-state index contributed by atoms with van der Waals surface area (Å²) in [5, 5.41) is 3.24. The molecule has 2 aromatic rings. The Morgan fingerprint density at radius 3 is 2.24 bits per heavy atom. The summed E-state index contributed by atoms with van der Waals surface area (Å²) in [5.74, 6) is -0.621. The molecule has 0 unspecified atom stereocenters. The first kappa shape index (κ1) is 22.8. The molecule has 1 fully saturated rings. The highest BCUT2D eigenvalue weighted by atomic mass is 16.2. The minimum absolute atomic E-state index is 0.180. The zero-order chi connectivity index (χ0) is 23.5. The van der Waals surface area contributed by atoms with E-state index in [4.69, 9.17) is 0 Å². The van der Waals surface area contributed by atoms with E-state index in [1.807, 2.05) is 44.2 Å². The Bertz CT molecular complexity index is 1100. The van der Waals surface area contributed by atoms with Crippen LogP contribution in [0.5, 0.6) is 0 Å². The highest BCUT2D eigenvalue weighted by Crippen LogP contribution is 2.32. The molecule has 0 saturated carbocycles. The number of aryl methyl sites for hydroxylation is 2. The molecule has 0 bridgehead atoms. The molecule has 1 N–H and O–H groups in total. The van der Waals surface area contributed by atoms with Crippen LogP contribution in [0, 0.1) is 13.8 Å². The quantitative estimate of drug-likeness (QED) is 0.520. The van der Waals surface area contributed by atoms with Crippen LogP contribution in [0.3, 0.4) is 0 Å². The lowest BCUT2D eigenvalue weighted by atomic mass is 9.99. The second-order valence-corrected chi connectivity index (χ2v) is 8.65. The highest BCUT2D eigenvalue weighted by Gasteiger charge is 2.38. The van der Waals surface area contributed by atoms with Gasteiger partial charge in [0.2, 0.25) is 0 Å².